The van der Waals surface area contributed by atoms with Crippen LogP contribution in [0.25, 0.3) is 10.9 Å². The summed E-state index contributed by atoms with van der Waals surface area (Å²) in [6.45, 7) is 2.63. The number of aryl methyl sites for hydroxylation is 1. The lowest BCUT2D eigenvalue weighted by atomic mass is 10.1. The number of H-pyrrole nitrogens is 1. The number of aromatic nitrogens is 2. The molecule has 3 aromatic rings. The molecule has 0 saturated heterocycles. The van der Waals surface area contributed by atoms with Crippen molar-refractivity contribution in [2.24, 2.45) is 0 Å². The minimum atomic E-state index is -0.136. The monoisotopic (exact) mass is 326 g/mol. The summed E-state index contributed by atoms with van der Waals surface area (Å²) in [6.07, 6.45) is 0. The van der Waals surface area contributed by atoms with Gasteiger partial charge in [0, 0.05) is 6.07 Å². The molecule has 0 aliphatic carbocycles. The highest BCUT2D eigenvalue weighted by molar-refractivity contribution is 7.71. The van der Waals surface area contributed by atoms with Gasteiger partial charge in [0.1, 0.15) is 0 Å². The van der Waals surface area contributed by atoms with Gasteiger partial charge in [-0.2, -0.15) is 0 Å². The van der Waals surface area contributed by atoms with Gasteiger partial charge in [-0.25, -0.2) is 0 Å². The van der Waals surface area contributed by atoms with Gasteiger partial charge in [-0.05, 0) is 30.8 Å². The first-order valence-corrected chi connectivity index (χ1v) is 7.65. The second-order valence-corrected chi connectivity index (χ2v) is 5.94. The van der Waals surface area contributed by atoms with Crippen molar-refractivity contribution < 1.29 is 9.47 Å². The Morgan fingerprint density at radius 1 is 1.17 bits per heavy atom. The minimum Gasteiger partial charge on any atom is -0.454 e. The Bertz CT molecular complexity index is 1020. The lowest BCUT2D eigenvalue weighted by molar-refractivity contribution is 0.174. The standard InChI is InChI=1S/C17H14N2O3S/c1-10-2-4-11(5-3-10)8-19-16(20)12-6-14-15(22-9-21-14)7-13(12)18-17(19)23/h2-7H,8-9H2,1H3,(H,18,23). The number of hydrogen-bond donors (Lipinski definition) is 1. The molecule has 0 unspecified atom stereocenters. The first-order valence-electron chi connectivity index (χ1n) is 7.24. The molecule has 4 rings (SSSR count). The summed E-state index contributed by atoms with van der Waals surface area (Å²) in [5, 5.41) is 0.537. The van der Waals surface area contributed by atoms with Crippen LogP contribution in [0.1, 0.15) is 11.1 Å². The molecule has 0 spiro atoms. The number of ether oxygens (including phenoxy) is 2. The molecule has 5 nitrogen and oxygen atoms in total. The van der Waals surface area contributed by atoms with Gasteiger partial charge in [0.15, 0.2) is 16.3 Å². The van der Waals surface area contributed by atoms with Crippen LogP contribution in [0.2, 0.25) is 0 Å². The van der Waals surface area contributed by atoms with E-state index in [1.165, 1.54) is 5.56 Å². The molecule has 1 aliphatic rings. The Balaban J connectivity index is 1.87. The fourth-order valence-corrected chi connectivity index (χ4v) is 2.92. The number of hydrogen-bond acceptors (Lipinski definition) is 4. The molecule has 0 bridgehead atoms. The van der Waals surface area contributed by atoms with Crippen molar-refractivity contribution in [2.45, 2.75) is 13.5 Å². The third-order valence-corrected chi connectivity index (χ3v) is 4.26. The number of rotatable bonds is 2. The molecule has 2 aromatic carbocycles. The Morgan fingerprint density at radius 3 is 2.61 bits per heavy atom. The van der Waals surface area contributed by atoms with Crippen LogP contribution in [0, 0.1) is 11.7 Å². The van der Waals surface area contributed by atoms with Gasteiger partial charge in [-0.15, -0.1) is 0 Å². The van der Waals surface area contributed by atoms with Gasteiger partial charge in [0.05, 0.1) is 17.4 Å². The quantitative estimate of drug-likeness (QED) is 0.735. The van der Waals surface area contributed by atoms with E-state index in [-0.39, 0.29) is 12.4 Å². The third-order valence-electron chi connectivity index (χ3n) is 3.94. The lowest BCUT2D eigenvalue weighted by Crippen LogP contribution is -2.22. The van der Waals surface area contributed by atoms with Crippen LogP contribution in [0.15, 0.2) is 41.2 Å². The van der Waals surface area contributed by atoms with E-state index in [0.29, 0.717) is 33.7 Å². The van der Waals surface area contributed by atoms with Gasteiger partial charge in [-0.1, -0.05) is 29.8 Å². The number of aromatic amines is 1. The highest BCUT2D eigenvalue weighted by Crippen LogP contribution is 2.34. The van der Waals surface area contributed by atoms with Crippen LogP contribution in [0.4, 0.5) is 0 Å². The average molecular weight is 326 g/mol. The minimum absolute atomic E-state index is 0.136. The average Bonchev–Trinajstić information content (AvgIpc) is 2.99. The molecule has 0 atom stereocenters. The molecule has 0 fully saturated rings. The van der Waals surface area contributed by atoms with Gasteiger partial charge < -0.3 is 14.5 Å². The van der Waals surface area contributed by atoms with E-state index in [1.54, 1.807) is 16.7 Å². The zero-order valence-electron chi connectivity index (χ0n) is 12.5. The van der Waals surface area contributed by atoms with E-state index in [9.17, 15) is 4.79 Å². The van der Waals surface area contributed by atoms with Crippen LogP contribution >= 0.6 is 12.2 Å². The second-order valence-electron chi connectivity index (χ2n) is 5.56. The van der Waals surface area contributed by atoms with Gasteiger partial charge in [0.2, 0.25) is 6.79 Å². The van der Waals surface area contributed by atoms with Crippen molar-refractivity contribution in [3.05, 3.63) is 62.6 Å². The highest BCUT2D eigenvalue weighted by Gasteiger charge is 2.17. The van der Waals surface area contributed by atoms with Gasteiger partial charge >= 0.3 is 0 Å². The van der Waals surface area contributed by atoms with E-state index in [0.717, 1.165) is 5.56 Å². The van der Waals surface area contributed by atoms with Crippen molar-refractivity contribution in [1.29, 1.82) is 0 Å². The normalized spacial score (nSPS) is 12.7. The zero-order chi connectivity index (χ0) is 16.0. The molecule has 23 heavy (non-hydrogen) atoms. The summed E-state index contributed by atoms with van der Waals surface area (Å²) in [7, 11) is 0. The number of fused-ring (bicyclic) bond motifs is 2. The Morgan fingerprint density at radius 2 is 1.87 bits per heavy atom. The largest absolute Gasteiger partial charge is 0.454 e. The fraction of sp³-hybridized carbons (Fsp3) is 0.176. The summed E-state index contributed by atoms with van der Waals surface area (Å²) in [5.74, 6) is 1.21. The van der Waals surface area contributed by atoms with Gasteiger partial charge in [0.25, 0.3) is 5.56 Å². The molecule has 6 heteroatoms. The van der Waals surface area contributed by atoms with Crippen LogP contribution in [0.3, 0.4) is 0 Å². The van der Waals surface area contributed by atoms with Crippen molar-refractivity contribution in [1.82, 2.24) is 9.55 Å². The summed E-state index contributed by atoms with van der Waals surface area (Å²) < 4.78 is 12.6. The summed E-state index contributed by atoms with van der Waals surface area (Å²) in [4.78, 5) is 15.9. The molecule has 1 aliphatic heterocycles. The van der Waals surface area contributed by atoms with E-state index >= 15 is 0 Å². The summed E-state index contributed by atoms with van der Waals surface area (Å²) >= 11 is 5.36. The van der Waals surface area contributed by atoms with Crippen molar-refractivity contribution in [3.63, 3.8) is 0 Å². The van der Waals surface area contributed by atoms with Crippen molar-refractivity contribution >= 4 is 23.1 Å². The molecule has 116 valence electrons. The first-order chi connectivity index (χ1) is 11.1. The third kappa shape index (κ3) is 2.41. The predicted molar refractivity (Wildman–Crippen MR) is 89.8 cm³/mol. The molecule has 1 aromatic heterocycles. The lowest BCUT2D eigenvalue weighted by Gasteiger charge is -2.09. The van der Waals surface area contributed by atoms with E-state index in [4.69, 9.17) is 21.7 Å². The van der Waals surface area contributed by atoms with Crippen LogP contribution in [-0.2, 0) is 6.54 Å². The Kier molecular flexibility index (Phi) is 3.20. The Hall–Kier alpha value is -2.60. The highest BCUT2D eigenvalue weighted by atomic mass is 32.1. The molecular weight excluding hydrogens is 312 g/mol. The summed E-state index contributed by atoms with van der Waals surface area (Å²) in [6, 6.07) is 11.5. The maximum Gasteiger partial charge on any atom is 0.262 e. The molecule has 2 heterocycles. The second kappa shape index (κ2) is 5.24. The molecule has 0 saturated carbocycles. The van der Waals surface area contributed by atoms with Crippen molar-refractivity contribution in [2.75, 3.05) is 6.79 Å². The maximum atomic E-state index is 12.8. The predicted octanol–water partition coefficient (Wildman–Crippen LogP) is 3.14. The smallest absolute Gasteiger partial charge is 0.262 e. The summed E-state index contributed by atoms with van der Waals surface area (Å²) in [5.41, 5.74) is 2.72. The molecular formula is C17H14N2O3S. The van der Waals surface area contributed by atoms with Crippen molar-refractivity contribution in [3.8, 4) is 11.5 Å². The molecule has 0 radical (unpaired) electrons. The number of nitrogens with zero attached hydrogens (tertiary/aromatic N) is 1. The fourth-order valence-electron chi connectivity index (χ4n) is 2.66. The zero-order valence-corrected chi connectivity index (χ0v) is 13.3. The first kappa shape index (κ1) is 14.0. The van der Waals surface area contributed by atoms with Crippen LogP contribution < -0.4 is 15.0 Å². The number of nitrogens with one attached hydrogen (secondary N) is 1. The van der Waals surface area contributed by atoms with Crippen LogP contribution in [0.5, 0.6) is 11.5 Å². The maximum absolute atomic E-state index is 12.8. The van der Waals surface area contributed by atoms with E-state index in [1.807, 2.05) is 31.2 Å². The Labute approximate surface area is 137 Å². The SMILES string of the molecule is Cc1ccc(Cn2c(=S)[nH]c3cc4c(cc3c2=O)OCO4)cc1. The van der Waals surface area contributed by atoms with Gasteiger partial charge in [-0.3, -0.25) is 9.36 Å². The topological polar surface area (TPSA) is 56.2 Å². The molecule has 1 N–H and O–H groups in total. The van der Waals surface area contributed by atoms with E-state index < -0.39 is 0 Å². The molecule has 0 amide bonds. The number of benzene rings is 2. The van der Waals surface area contributed by atoms with E-state index in [2.05, 4.69) is 4.98 Å². The van der Waals surface area contributed by atoms with Crippen LogP contribution in [-0.4, -0.2) is 16.3 Å².